The molecule has 0 aromatic heterocycles. The number of hydrogen-bond acceptors (Lipinski definition) is 3. The van der Waals surface area contributed by atoms with Crippen molar-refractivity contribution in [2.24, 2.45) is 5.92 Å². The maximum Gasteiger partial charge on any atom is 0.117 e. The summed E-state index contributed by atoms with van der Waals surface area (Å²) in [5, 5.41) is 16.4. The fourth-order valence-electron chi connectivity index (χ4n) is 2.69. The van der Waals surface area contributed by atoms with Gasteiger partial charge in [0.1, 0.15) is 5.75 Å². The van der Waals surface area contributed by atoms with Crippen LogP contribution < -0.4 is 10.6 Å². The summed E-state index contributed by atoms with van der Waals surface area (Å²) in [6.07, 6.45) is 2.40. The minimum Gasteiger partial charge on any atom is -0.508 e. The summed E-state index contributed by atoms with van der Waals surface area (Å²) < 4.78 is 0. The molecule has 0 amide bonds. The summed E-state index contributed by atoms with van der Waals surface area (Å²) >= 11 is 0. The first-order valence-electron chi connectivity index (χ1n) is 5.62. The highest BCUT2D eigenvalue weighted by Gasteiger charge is 2.29. The quantitative estimate of drug-likeness (QED) is 0.597. The predicted octanol–water partition coefficient (Wildman–Crippen LogP) is 1.34. The molecule has 0 radical (unpaired) electrons. The van der Waals surface area contributed by atoms with Crippen molar-refractivity contribution in [2.45, 2.75) is 18.9 Å². The first-order valence-corrected chi connectivity index (χ1v) is 5.62. The molecule has 1 aromatic carbocycles. The Labute approximate surface area is 89.5 Å². The zero-order chi connectivity index (χ0) is 10.3. The van der Waals surface area contributed by atoms with Gasteiger partial charge in [-0.3, -0.25) is 0 Å². The molecular formula is C12H16N2O. The highest BCUT2D eigenvalue weighted by atomic mass is 16.3. The van der Waals surface area contributed by atoms with Crippen LogP contribution in [0.25, 0.3) is 0 Å². The molecule has 3 heteroatoms. The van der Waals surface area contributed by atoms with Gasteiger partial charge >= 0.3 is 0 Å². The van der Waals surface area contributed by atoms with Crippen molar-refractivity contribution in [3.05, 3.63) is 23.8 Å². The van der Waals surface area contributed by atoms with Gasteiger partial charge in [0, 0.05) is 24.3 Å². The summed E-state index contributed by atoms with van der Waals surface area (Å²) in [6, 6.07) is 6.19. The van der Waals surface area contributed by atoms with Crippen LogP contribution in [0, 0.1) is 5.92 Å². The lowest BCUT2D eigenvalue weighted by molar-refractivity contribution is 0.331. The molecule has 1 fully saturated rings. The van der Waals surface area contributed by atoms with Crippen molar-refractivity contribution in [1.82, 2.24) is 5.32 Å². The Morgan fingerprint density at radius 1 is 1.33 bits per heavy atom. The number of nitrogens with one attached hydrogen (secondary N) is 2. The van der Waals surface area contributed by atoms with Gasteiger partial charge in [0.25, 0.3) is 0 Å². The van der Waals surface area contributed by atoms with E-state index in [-0.39, 0.29) is 0 Å². The van der Waals surface area contributed by atoms with Crippen molar-refractivity contribution in [1.29, 1.82) is 0 Å². The third-order valence-corrected chi connectivity index (χ3v) is 3.54. The second-order valence-corrected chi connectivity index (χ2v) is 4.55. The summed E-state index contributed by atoms with van der Waals surface area (Å²) in [7, 11) is 0. The van der Waals surface area contributed by atoms with E-state index in [1.807, 2.05) is 12.1 Å². The smallest absolute Gasteiger partial charge is 0.117 e. The lowest BCUT2D eigenvalue weighted by Crippen LogP contribution is -2.48. The molecule has 0 saturated carbocycles. The molecular weight excluding hydrogens is 188 g/mol. The zero-order valence-electron chi connectivity index (χ0n) is 8.66. The van der Waals surface area contributed by atoms with Crippen LogP contribution in [-0.4, -0.2) is 24.2 Å². The molecule has 3 nitrogen and oxygen atoms in total. The van der Waals surface area contributed by atoms with Crippen molar-refractivity contribution in [2.75, 3.05) is 18.4 Å². The van der Waals surface area contributed by atoms with Crippen LogP contribution in [0.15, 0.2) is 18.2 Å². The Morgan fingerprint density at radius 3 is 3.20 bits per heavy atom. The number of phenolic OH excluding ortho intramolecular Hbond substituents is 1. The van der Waals surface area contributed by atoms with E-state index in [9.17, 15) is 5.11 Å². The van der Waals surface area contributed by atoms with Crippen molar-refractivity contribution >= 4 is 5.69 Å². The minimum absolute atomic E-state index is 0.350. The third kappa shape index (κ3) is 1.57. The summed E-state index contributed by atoms with van der Waals surface area (Å²) in [6.45, 7) is 2.18. The molecule has 2 unspecified atom stereocenters. The van der Waals surface area contributed by atoms with Crippen LogP contribution in [0.4, 0.5) is 5.69 Å². The van der Waals surface area contributed by atoms with Gasteiger partial charge in [0.05, 0.1) is 0 Å². The van der Waals surface area contributed by atoms with E-state index in [1.54, 1.807) is 6.07 Å². The van der Waals surface area contributed by atoms with E-state index in [0.717, 1.165) is 31.1 Å². The number of fused-ring (bicyclic) bond motifs is 2. The van der Waals surface area contributed by atoms with E-state index >= 15 is 0 Å². The van der Waals surface area contributed by atoms with Crippen LogP contribution in [0.1, 0.15) is 12.0 Å². The normalized spacial score (nSPS) is 28.8. The molecule has 0 aliphatic carbocycles. The number of anilines is 1. The SMILES string of the molecule is Oc1ccc2c(c1)NC1CNCCC1C2. The van der Waals surface area contributed by atoms with Crippen molar-refractivity contribution in [3.8, 4) is 5.75 Å². The molecule has 2 heterocycles. The van der Waals surface area contributed by atoms with E-state index in [0.29, 0.717) is 11.8 Å². The van der Waals surface area contributed by atoms with Crippen molar-refractivity contribution < 1.29 is 5.11 Å². The van der Waals surface area contributed by atoms with E-state index in [1.165, 1.54) is 12.0 Å². The first kappa shape index (κ1) is 9.04. The zero-order valence-corrected chi connectivity index (χ0v) is 8.66. The number of aromatic hydroxyl groups is 1. The van der Waals surface area contributed by atoms with Crippen LogP contribution in [-0.2, 0) is 6.42 Å². The van der Waals surface area contributed by atoms with Crippen LogP contribution in [0.3, 0.4) is 0 Å². The highest BCUT2D eigenvalue weighted by molar-refractivity contribution is 5.57. The van der Waals surface area contributed by atoms with Gasteiger partial charge in [0.2, 0.25) is 0 Å². The molecule has 0 bridgehead atoms. The number of rotatable bonds is 0. The van der Waals surface area contributed by atoms with Crippen LogP contribution in [0.5, 0.6) is 5.75 Å². The Kier molecular flexibility index (Phi) is 2.06. The second-order valence-electron chi connectivity index (χ2n) is 4.55. The van der Waals surface area contributed by atoms with Gasteiger partial charge in [-0.1, -0.05) is 6.07 Å². The van der Waals surface area contributed by atoms with Crippen LogP contribution in [0.2, 0.25) is 0 Å². The maximum absolute atomic E-state index is 9.43. The van der Waals surface area contributed by atoms with Gasteiger partial charge in [-0.2, -0.15) is 0 Å². The highest BCUT2D eigenvalue weighted by Crippen LogP contribution is 2.33. The van der Waals surface area contributed by atoms with Gasteiger partial charge in [-0.25, -0.2) is 0 Å². The molecule has 2 aliphatic heterocycles. The number of hydrogen-bond donors (Lipinski definition) is 3. The molecule has 3 N–H and O–H groups in total. The Balaban J connectivity index is 1.92. The Hall–Kier alpha value is -1.22. The maximum atomic E-state index is 9.43. The Morgan fingerprint density at radius 2 is 2.27 bits per heavy atom. The second kappa shape index (κ2) is 3.42. The lowest BCUT2D eigenvalue weighted by Gasteiger charge is -2.38. The van der Waals surface area contributed by atoms with Crippen molar-refractivity contribution in [3.63, 3.8) is 0 Å². The molecule has 80 valence electrons. The van der Waals surface area contributed by atoms with E-state index in [4.69, 9.17) is 0 Å². The standard InChI is InChI=1S/C12H16N2O/c15-10-2-1-8-5-9-3-4-13-7-12(9)14-11(8)6-10/h1-2,6,9,12-15H,3-5,7H2. The molecule has 2 aliphatic rings. The molecule has 1 saturated heterocycles. The molecule has 2 atom stereocenters. The van der Waals surface area contributed by atoms with Gasteiger partial charge < -0.3 is 15.7 Å². The molecule has 1 aromatic rings. The summed E-state index contributed by atoms with van der Waals surface area (Å²) in [5.41, 5.74) is 2.45. The molecule has 0 spiro atoms. The number of piperidine rings is 1. The number of phenols is 1. The fraction of sp³-hybridized carbons (Fsp3) is 0.500. The minimum atomic E-state index is 0.350. The van der Waals surface area contributed by atoms with Gasteiger partial charge in [-0.15, -0.1) is 0 Å². The predicted molar refractivity (Wildman–Crippen MR) is 60.2 cm³/mol. The largest absolute Gasteiger partial charge is 0.508 e. The third-order valence-electron chi connectivity index (χ3n) is 3.54. The monoisotopic (exact) mass is 204 g/mol. The van der Waals surface area contributed by atoms with Gasteiger partial charge in [-0.05, 0) is 36.9 Å². The summed E-state index contributed by atoms with van der Waals surface area (Å²) in [4.78, 5) is 0. The number of benzene rings is 1. The Bertz CT molecular complexity index is 378. The lowest BCUT2D eigenvalue weighted by atomic mass is 9.83. The van der Waals surface area contributed by atoms with Gasteiger partial charge in [0.15, 0.2) is 0 Å². The average molecular weight is 204 g/mol. The topological polar surface area (TPSA) is 44.3 Å². The summed E-state index contributed by atoms with van der Waals surface area (Å²) in [5.74, 6) is 1.10. The average Bonchev–Trinajstić information content (AvgIpc) is 2.26. The molecule has 3 rings (SSSR count). The molecule has 15 heavy (non-hydrogen) atoms. The van der Waals surface area contributed by atoms with Crippen LogP contribution >= 0.6 is 0 Å². The van der Waals surface area contributed by atoms with E-state index < -0.39 is 0 Å². The van der Waals surface area contributed by atoms with E-state index in [2.05, 4.69) is 10.6 Å². The first-order chi connectivity index (χ1) is 7.33. The fourth-order valence-corrected chi connectivity index (χ4v) is 2.69.